The van der Waals surface area contributed by atoms with Crippen molar-refractivity contribution in [2.75, 3.05) is 20.3 Å². The number of rotatable bonds is 7. The van der Waals surface area contributed by atoms with Crippen LogP contribution in [0.1, 0.15) is 28.5 Å². The summed E-state index contributed by atoms with van der Waals surface area (Å²) in [5.41, 5.74) is 1.56. The van der Waals surface area contributed by atoms with Gasteiger partial charge in [-0.1, -0.05) is 12.1 Å². The normalized spacial score (nSPS) is 17.2. The predicted octanol–water partition coefficient (Wildman–Crippen LogP) is 3.96. The first-order valence-corrected chi connectivity index (χ1v) is 10.2. The summed E-state index contributed by atoms with van der Waals surface area (Å²) in [6.45, 7) is -4.45. The molecule has 2 aromatic carbocycles. The Balaban J connectivity index is 1.50. The molecule has 0 spiro atoms. The Hall–Kier alpha value is -3.78. The molecule has 0 radical (unpaired) electrons. The number of fused-ring (bicyclic) bond motifs is 2. The maximum absolute atomic E-state index is 15.4. The van der Waals surface area contributed by atoms with Gasteiger partial charge in [0.15, 0.2) is 0 Å². The van der Waals surface area contributed by atoms with Crippen molar-refractivity contribution in [1.29, 1.82) is 0 Å². The summed E-state index contributed by atoms with van der Waals surface area (Å²) in [6, 6.07) is 10.8. The predicted molar refractivity (Wildman–Crippen MR) is 121 cm³/mol. The van der Waals surface area contributed by atoms with Gasteiger partial charge in [-0.3, -0.25) is 14.5 Å². The van der Waals surface area contributed by atoms with Gasteiger partial charge in [-0.05, 0) is 41.5 Å². The molecule has 0 saturated heterocycles. The molecule has 1 aliphatic heterocycles. The molecule has 0 fully saturated rings. The first-order chi connectivity index (χ1) is 18.0. The number of ether oxygens (including phenoxy) is 2. The number of carbonyl (C=O) groups is 1. The topological polar surface area (TPSA) is 69.5 Å². The number of aryl methyl sites for hydroxylation is 1. The van der Waals surface area contributed by atoms with Crippen molar-refractivity contribution in [1.82, 2.24) is 19.7 Å². The van der Waals surface area contributed by atoms with Crippen LogP contribution in [0.4, 0.5) is 4.39 Å². The minimum Gasteiger partial charge on any atom is -0.489 e. The molecule has 0 saturated carbocycles. The van der Waals surface area contributed by atoms with E-state index in [0.29, 0.717) is 34.4 Å². The van der Waals surface area contributed by atoms with Crippen LogP contribution in [-0.4, -0.2) is 45.9 Å². The second-order valence-corrected chi connectivity index (χ2v) is 7.50. The van der Waals surface area contributed by atoms with E-state index in [0.717, 1.165) is 9.58 Å². The average Bonchev–Trinajstić information content (AvgIpc) is 3.41. The van der Waals surface area contributed by atoms with Crippen LogP contribution < -0.4 is 4.74 Å². The van der Waals surface area contributed by atoms with Crippen molar-refractivity contribution in [2.45, 2.75) is 13.0 Å². The molecule has 8 heteroatoms. The highest BCUT2D eigenvalue weighted by Gasteiger charge is 2.28. The second-order valence-electron chi connectivity index (χ2n) is 7.50. The van der Waals surface area contributed by atoms with E-state index < -0.39 is 25.2 Å². The third-order valence-electron chi connectivity index (χ3n) is 5.40. The molecule has 1 amide bonds. The number of hydrogen-bond donors (Lipinski definition) is 0. The zero-order valence-electron chi connectivity index (χ0n) is 22.7. The van der Waals surface area contributed by atoms with E-state index in [1.165, 1.54) is 37.7 Å². The van der Waals surface area contributed by atoms with Crippen LogP contribution in [-0.2, 0) is 24.8 Å². The maximum atomic E-state index is 15.4. The van der Waals surface area contributed by atoms with Gasteiger partial charge in [0.1, 0.15) is 23.7 Å². The molecular formula is C25H23FN4O3. The molecule has 1 aliphatic rings. The number of pyridine rings is 1. The molecule has 0 aliphatic carbocycles. The fraction of sp³-hybridized carbons (Fsp3) is 0.240. The number of carbonyl (C=O) groups excluding carboxylic acids is 1. The van der Waals surface area contributed by atoms with Gasteiger partial charge >= 0.3 is 0 Å². The number of benzene rings is 2. The number of hydrogen-bond acceptors (Lipinski definition) is 5. The standard InChI is InChI=1S/C25H23FN4O3/c1-29-14-20-18(7-8-23(24(20)28-29)33-11-10-32-2)16-5-6-17(21(26)12-16)13-30-15-22-19(25(30)31)4-3-9-27-22/h3-9,12,14H,10-11,13,15H2,1-2H3/i1D3,15D2. The summed E-state index contributed by atoms with van der Waals surface area (Å²) in [4.78, 5) is 17.8. The highest BCUT2D eigenvalue weighted by Crippen LogP contribution is 2.35. The van der Waals surface area contributed by atoms with E-state index in [9.17, 15) is 4.79 Å². The number of amides is 1. The third kappa shape index (κ3) is 3.93. The first-order valence-electron chi connectivity index (χ1n) is 12.7. The highest BCUT2D eigenvalue weighted by atomic mass is 19.1. The van der Waals surface area contributed by atoms with Crippen LogP contribution >= 0.6 is 0 Å². The molecule has 0 bridgehead atoms. The average molecular weight is 452 g/mol. The fourth-order valence-electron chi connectivity index (χ4n) is 3.80. The largest absolute Gasteiger partial charge is 0.489 e. The number of halogens is 1. The van der Waals surface area contributed by atoms with Crippen LogP contribution in [0.25, 0.3) is 22.0 Å². The summed E-state index contributed by atoms with van der Waals surface area (Å²) in [7, 11) is 1.53. The lowest BCUT2D eigenvalue weighted by Crippen LogP contribution is -2.23. The van der Waals surface area contributed by atoms with Crippen LogP contribution in [0.2, 0.25) is 0 Å². The van der Waals surface area contributed by atoms with Gasteiger partial charge in [0, 0.05) is 48.1 Å². The molecule has 4 aromatic rings. The molecule has 0 atom stereocenters. The lowest BCUT2D eigenvalue weighted by Gasteiger charge is -2.16. The molecule has 7 nitrogen and oxygen atoms in total. The molecule has 168 valence electrons. The summed E-state index contributed by atoms with van der Waals surface area (Å²) in [6.07, 6.45) is 2.78. The summed E-state index contributed by atoms with van der Waals surface area (Å²) in [5.74, 6) is -0.847. The Morgan fingerprint density at radius 1 is 1.21 bits per heavy atom. The van der Waals surface area contributed by atoms with Gasteiger partial charge < -0.3 is 14.4 Å². The Morgan fingerprint density at radius 2 is 2.12 bits per heavy atom. The van der Waals surface area contributed by atoms with Crippen molar-refractivity contribution in [3.05, 3.63) is 77.5 Å². The molecule has 0 N–H and O–H groups in total. The van der Waals surface area contributed by atoms with Gasteiger partial charge in [0.2, 0.25) is 0 Å². The second kappa shape index (κ2) is 8.63. The fourth-order valence-corrected chi connectivity index (χ4v) is 3.80. The van der Waals surface area contributed by atoms with Crippen molar-refractivity contribution in [3.63, 3.8) is 0 Å². The summed E-state index contributed by atoms with van der Waals surface area (Å²) >= 11 is 0. The van der Waals surface area contributed by atoms with Crippen LogP contribution in [0.5, 0.6) is 5.75 Å². The van der Waals surface area contributed by atoms with Crippen LogP contribution in [0.15, 0.2) is 54.9 Å². The van der Waals surface area contributed by atoms with E-state index in [4.69, 9.17) is 16.3 Å². The van der Waals surface area contributed by atoms with Crippen molar-refractivity contribution < 1.29 is 25.5 Å². The van der Waals surface area contributed by atoms with Gasteiger partial charge in [-0.2, -0.15) is 5.10 Å². The Kier molecular flexibility index (Phi) is 4.17. The monoisotopic (exact) mass is 451 g/mol. The zero-order valence-corrected chi connectivity index (χ0v) is 17.7. The number of nitrogens with zero attached hydrogens (tertiary/aromatic N) is 4. The minimum absolute atomic E-state index is 0.00324. The molecule has 3 heterocycles. The zero-order chi connectivity index (χ0) is 27.2. The lowest BCUT2D eigenvalue weighted by atomic mass is 9.99. The van der Waals surface area contributed by atoms with Crippen molar-refractivity contribution in [3.8, 4) is 16.9 Å². The molecular weight excluding hydrogens is 423 g/mol. The van der Waals surface area contributed by atoms with Crippen molar-refractivity contribution >= 4 is 16.8 Å². The highest BCUT2D eigenvalue weighted by molar-refractivity contribution is 5.98. The van der Waals surface area contributed by atoms with Gasteiger partial charge in [-0.15, -0.1) is 0 Å². The third-order valence-corrected chi connectivity index (χ3v) is 5.40. The van der Waals surface area contributed by atoms with E-state index in [1.807, 2.05) is 0 Å². The first kappa shape index (κ1) is 15.9. The van der Waals surface area contributed by atoms with Gasteiger partial charge in [0.25, 0.3) is 5.91 Å². The summed E-state index contributed by atoms with van der Waals surface area (Å²) in [5, 5.41) is 4.66. The molecule has 0 unspecified atom stereocenters. The molecule has 2 aromatic heterocycles. The van der Waals surface area contributed by atoms with E-state index in [-0.39, 0.29) is 30.0 Å². The van der Waals surface area contributed by atoms with E-state index in [1.54, 1.807) is 24.3 Å². The maximum Gasteiger partial charge on any atom is 0.256 e. The Bertz CT molecular complexity index is 1540. The van der Waals surface area contributed by atoms with Crippen LogP contribution in [0.3, 0.4) is 0 Å². The minimum atomic E-state index is -2.52. The quantitative estimate of drug-likeness (QED) is 0.398. The number of aromatic nitrogens is 3. The van der Waals surface area contributed by atoms with Gasteiger partial charge in [0.05, 0.1) is 27.1 Å². The smallest absolute Gasteiger partial charge is 0.256 e. The lowest BCUT2D eigenvalue weighted by molar-refractivity contribution is 0.0765. The summed E-state index contributed by atoms with van der Waals surface area (Å²) < 4.78 is 66.9. The SMILES string of the molecule is [2H]C1([2H])c2ncccc2C(=O)N1Cc1ccc(-c2ccc(OCCOC)c3nn(C([2H])([2H])[2H])cc23)cc1F. The van der Waals surface area contributed by atoms with E-state index >= 15 is 4.39 Å². The van der Waals surface area contributed by atoms with Crippen molar-refractivity contribution in [2.24, 2.45) is 6.98 Å². The molecule has 33 heavy (non-hydrogen) atoms. The van der Waals surface area contributed by atoms with Crippen LogP contribution in [0, 0.1) is 5.82 Å². The molecule has 5 rings (SSSR count). The van der Waals surface area contributed by atoms with Gasteiger partial charge in [-0.25, -0.2) is 4.39 Å². The Labute approximate surface area is 197 Å². The Morgan fingerprint density at radius 3 is 2.91 bits per heavy atom. The van der Waals surface area contributed by atoms with E-state index in [2.05, 4.69) is 10.1 Å². The number of methoxy groups -OCH3 is 1.